The molecule has 0 heterocycles. The molecule has 1 rings (SSSR count). The van der Waals surface area contributed by atoms with E-state index in [2.05, 4.69) is 51.2 Å². The van der Waals surface area contributed by atoms with Crippen molar-refractivity contribution in [2.45, 2.75) is 59.1 Å². The van der Waals surface area contributed by atoms with Crippen LogP contribution in [0.1, 0.15) is 43.4 Å². The van der Waals surface area contributed by atoms with Crippen LogP contribution in [0.5, 0.6) is 0 Å². The molecule has 0 aliphatic heterocycles. The van der Waals surface area contributed by atoms with E-state index in [1.54, 1.807) is 0 Å². The number of rotatable bonds is 8. The van der Waals surface area contributed by atoms with E-state index >= 15 is 0 Å². The van der Waals surface area contributed by atoms with Crippen molar-refractivity contribution in [2.75, 3.05) is 13.7 Å². The van der Waals surface area contributed by atoms with Crippen LogP contribution in [0.15, 0.2) is 18.2 Å². The highest BCUT2D eigenvalue weighted by Crippen LogP contribution is 2.15. The Morgan fingerprint density at radius 1 is 1.11 bits per heavy atom. The summed E-state index contributed by atoms with van der Waals surface area (Å²) in [5.41, 5.74) is 4.08. The van der Waals surface area contributed by atoms with E-state index in [1.807, 2.05) is 7.05 Å². The van der Waals surface area contributed by atoms with E-state index in [1.165, 1.54) is 16.7 Å². The van der Waals surface area contributed by atoms with Crippen LogP contribution in [0.2, 0.25) is 0 Å². The van der Waals surface area contributed by atoms with Gasteiger partial charge in [0, 0.05) is 12.6 Å². The topological polar surface area (TPSA) is 21.3 Å². The Balaban J connectivity index is 2.78. The van der Waals surface area contributed by atoms with Gasteiger partial charge in [-0.25, -0.2) is 0 Å². The molecular formula is C17H29NO. The van der Waals surface area contributed by atoms with E-state index in [0.717, 1.165) is 25.9 Å². The maximum atomic E-state index is 5.91. The summed E-state index contributed by atoms with van der Waals surface area (Å²) in [5.74, 6) is 0. The Labute approximate surface area is 118 Å². The fourth-order valence-corrected chi connectivity index (χ4v) is 2.76. The molecule has 1 aromatic rings. The molecule has 2 nitrogen and oxygen atoms in total. The van der Waals surface area contributed by atoms with Crippen LogP contribution in [0, 0.1) is 13.8 Å². The van der Waals surface area contributed by atoms with Gasteiger partial charge in [-0.15, -0.1) is 0 Å². The lowest BCUT2D eigenvalue weighted by Crippen LogP contribution is -2.41. The van der Waals surface area contributed by atoms with Gasteiger partial charge in [0.25, 0.3) is 0 Å². The summed E-state index contributed by atoms with van der Waals surface area (Å²) in [6.07, 6.45) is 3.62. The molecule has 108 valence electrons. The fraction of sp³-hybridized carbons (Fsp3) is 0.647. The minimum Gasteiger partial charge on any atom is -0.377 e. The van der Waals surface area contributed by atoms with Crippen LogP contribution in [0.3, 0.4) is 0 Å². The van der Waals surface area contributed by atoms with E-state index < -0.39 is 0 Å². The lowest BCUT2D eigenvalue weighted by atomic mass is 9.96. The average molecular weight is 263 g/mol. The molecule has 0 aliphatic rings. The van der Waals surface area contributed by atoms with E-state index in [0.29, 0.717) is 12.1 Å². The highest BCUT2D eigenvalue weighted by molar-refractivity contribution is 5.29. The molecule has 1 aromatic carbocycles. The zero-order chi connectivity index (χ0) is 14.3. The first-order valence-corrected chi connectivity index (χ1v) is 7.46. The van der Waals surface area contributed by atoms with Crippen LogP contribution < -0.4 is 5.32 Å². The van der Waals surface area contributed by atoms with Crippen LogP contribution in [0.25, 0.3) is 0 Å². The van der Waals surface area contributed by atoms with Crippen molar-refractivity contribution in [3.8, 4) is 0 Å². The molecule has 2 atom stereocenters. The summed E-state index contributed by atoms with van der Waals surface area (Å²) < 4.78 is 5.91. The van der Waals surface area contributed by atoms with Crippen molar-refractivity contribution in [3.05, 3.63) is 34.9 Å². The summed E-state index contributed by atoms with van der Waals surface area (Å²) in [6.45, 7) is 9.41. The molecule has 19 heavy (non-hydrogen) atoms. The van der Waals surface area contributed by atoms with E-state index in [-0.39, 0.29) is 0 Å². The first kappa shape index (κ1) is 16.2. The fourth-order valence-electron chi connectivity index (χ4n) is 2.76. The van der Waals surface area contributed by atoms with Crippen LogP contribution in [-0.2, 0) is 11.2 Å². The molecule has 0 aliphatic carbocycles. The van der Waals surface area contributed by atoms with Gasteiger partial charge < -0.3 is 10.1 Å². The number of aryl methyl sites for hydroxylation is 2. The van der Waals surface area contributed by atoms with Gasteiger partial charge in [-0.1, -0.05) is 42.7 Å². The Morgan fingerprint density at radius 2 is 1.74 bits per heavy atom. The Morgan fingerprint density at radius 3 is 2.21 bits per heavy atom. The van der Waals surface area contributed by atoms with Gasteiger partial charge in [-0.3, -0.25) is 0 Å². The molecule has 2 unspecified atom stereocenters. The monoisotopic (exact) mass is 263 g/mol. The summed E-state index contributed by atoms with van der Waals surface area (Å²) in [6, 6.07) is 7.18. The molecule has 2 heteroatoms. The van der Waals surface area contributed by atoms with Crippen LogP contribution in [0.4, 0.5) is 0 Å². The molecule has 0 spiro atoms. The molecule has 0 saturated heterocycles. The van der Waals surface area contributed by atoms with Gasteiger partial charge in [0.15, 0.2) is 0 Å². The van der Waals surface area contributed by atoms with Gasteiger partial charge in [0.1, 0.15) is 0 Å². The third-order valence-electron chi connectivity index (χ3n) is 3.51. The zero-order valence-corrected chi connectivity index (χ0v) is 13.1. The highest BCUT2D eigenvalue weighted by atomic mass is 16.5. The van der Waals surface area contributed by atoms with Crippen molar-refractivity contribution in [3.63, 3.8) is 0 Å². The first-order chi connectivity index (χ1) is 9.10. The lowest BCUT2D eigenvalue weighted by molar-refractivity contribution is 0.0301. The van der Waals surface area contributed by atoms with E-state index in [9.17, 15) is 0 Å². The third-order valence-corrected chi connectivity index (χ3v) is 3.51. The Hall–Kier alpha value is -0.860. The molecule has 0 saturated carbocycles. The molecular weight excluding hydrogens is 234 g/mol. The molecule has 1 N–H and O–H groups in total. The molecule has 0 amide bonds. The standard InChI is InChI=1S/C17H29NO/c1-6-8-17(19-7-2)16(18-5)12-15-10-13(3)9-14(4)11-15/h9-11,16-18H,6-8,12H2,1-5H3. The second-order valence-corrected chi connectivity index (χ2v) is 5.38. The van der Waals surface area contributed by atoms with Gasteiger partial charge in [-0.05, 0) is 46.2 Å². The number of likely N-dealkylation sites (N-methyl/N-ethyl adjacent to an activating group) is 1. The molecule has 0 fully saturated rings. The predicted molar refractivity (Wildman–Crippen MR) is 82.8 cm³/mol. The van der Waals surface area contributed by atoms with Crippen molar-refractivity contribution in [1.82, 2.24) is 5.32 Å². The number of hydrogen-bond acceptors (Lipinski definition) is 2. The molecule has 0 bridgehead atoms. The lowest BCUT2D eigenvalue weighted by Gasteiger charge is -2.27. The third kappa shape index (κ3) is 5.33. The van der Waals surface area contributed by atoms with Crippen LogP contribution >= 0.6 is 0 Å². The largest absolute Gasteiger partial charge is 0.377 e. The highest BCUT2D eigenvalue weighted by Gasteiger charge is 2.20. The number of ether oxygens (including phenoxy) is 1. The van der Waals surface area contributed by atoms with Crippen molar-refractivity contribution in [1.29, 1.82) is 0 Å². The minimum atomic E-state index is 0.306. The Kier molecular flexibility index (Phi) is 7.11. The number of hydrogen-bond donors (Lipinski definition) is 1. The smallest absolute Gasteiger partial charge is 0.0730 e. The van der Waals surface area contributed by atoms with Crippen molar-refractivity contribution >= 4 is 0 Å². The summed E-state index contributed by atoms with van der Waals surface area (Å²) in [4.78, 5) is 0. The second kappa shape index (κ2) is 8.34. The Bertz CT molecular complexity index is 349. The average Bonchev–Trinajstić information content (AvgIpc) is 2.34. The second-order valence-electron chi connectivity index (χ2n) is 5.38. The molecule has 0 radical (unpaired) electrons. The van der Waals surface area contributed by atoms with Gasteiger partial charge >= 0.3 is 0 Å². The SMILES string of the molecule is CCCC(OCC)C(Cc1cc(C)cc(C)c1)NC. The first-order valence-electron chi connectivity index (χ1n) is 7.46. The maximum Gasteiger partial charge on any atom is 0.0730 e. The summed E-state index contributed by atoms with van der Waals surface area (Å²) >= 11 is 0. The number of nitrogens with one attached hydrogen (secondary N) is 1. The van der Waals surface area contributed by atoms with Crippen molar-refractivity contribution in [2.24, 2.45) is 0 Å². The zero-order valence-electron chi connectivity index (χ0n) is 13.1. The minimum absolute atomic E-state index is 0.306. The summed E-state index contributed by atoms with van der Waals surface area (Å²) in [5, 5.41) is 3.43. The van der Waals surface area contributed by atoms with E-state index in [4.69, 9.17) is 4.74 Å². The molecule has 0 aromatic heterocycles. The maximum absolute atomic E-state index is 5.91. The van der Waals surface area contributed by atoms with Gasteiger partial charge in [-0.2, -0.15) is 0 Å². The summed E-state index contributed by atoms with van der Waals surface area (Å²) in [7, 11) is 2.04. The van der Waals surface area contributed by atoms with Crippen molar-refractivity contribution < 1.29 is 4.74 Å². The predicted octanol–water partition coefficient (Wildman–Crippen LogP) is 3.64. The van der Waals surface area contributed by atoms with Crippen LogP contribution in [-0.4, -0.2) is 25.8 Å². The normalized spacial score (nSPS) is 14.4. The van der Waals surface area contributed by atoms with Gasteiger partial charge in [0.05, 0.1) is 6.10 Å². The van der Waals surface area contributed by atoms with Gasteiger partial charge in [0.2, 0.25) is 0 Å². The quantitative estimate of drug-likeness (QED) is 0.773. The number of benzene rings is 1.